The molecular formula is C22H27F3N2O2. The Morgan fingerprint density at radius 3 is 2.62 bits per heavy atom. The van der Waals surface area contributed by atoms with Gasteiger partial charge in [0, 0.05) is 13.0 Å². The number of amides is 1. The average Bonchev–Trinajstić information content (AvgIpc) is 3.09. The molecule has 1 atom stereocenters. The minimum absolute atomic E-state index is 0.0264. The highest BCUT2D eigenvalue weighted by Crippen LogP contribution is 2.41. The number of ether oxygens (including phenoxy) is 1. The monoisotopic (exact) mass is 408 g/mol. The maximum absolute atomic E-state index is 13.9. The first-order valence-corrected chi connectivity index (χ1v) is 10.2. The molecule has 0 unspecified atom stereocenters. The Bertz CT molecular complexity index is 838. The third kappa shape index (κ3) is 5.41. The fourth-order valence-corrected chi connectivity index (χ4v) is 3.72. The van der Waals surface area contributed by atoms with Crippen molar-refractivity contribution in [3.8, 4) is 5.75 Å². The van der Waals surface area contributed by atoms with E-state index in [1.165, 1.54) is 25.3 Å². The van der Waals surface area contributed by atoms with Crippen molar-refractivity contribution in [3.05, 3.63) is 42.0 Å². The van der Waals surface area contributed by atoms with E-state index in [2.05, 4.69) is 12.3 Å². The van der Waals surface area contributed by atoms with E-state index in [9.17, 15) is 18.0 Å². The fourth-order valence-electron chi connectivity index (χ4n) is 3.72. The second-order valence-corrected chi connectivity index (χ2v) is 7.42. The molecule has 0 aliphatic carbocycles. The second kappa shape index (κ2) is 9.48. The Morgan fingerprint density at radius 2 is 1.93 bits per heavy atom. The van der Waals surface area contributed by atoms with Crippen molar-refractivity contribution in [1.29, 1.82) is 0 Å². The molecule has 1 N–H and O–H groups in total. The van der Waals surface area contributed by atoms with E-state index in [1.807, 2.05) is 0 Å². The van der Waals surface area contributed by atoms with Crippen molar-refractivity contribution in [3.63, 3.8) is 0 Å². The zero-order chi connectivity index (χ0) is 20.9. The first-order valence-electron chi connectivity index (χ1n) is 10.2. The third-order valence-corrected chi connectivity index (χ3v) is 5.17. The highest BCUT2D eigenvalue weighted by molar-refractivity contribution is 5.87. The van der Waals surface area contributed by atoms with Gasteiger partial charge in [0.15, 0.2) is 6.04 Å². The van der Waals surface area contributed by atoms with Gasteiger partial charge >= 0.3 is 6.18 Å². The minimum atomic E-state index is -4.51. The molecule has 2 aromatic carbocycles. The smallest absolute Gasteiger partial charge is 0.409 e. The first kappa shape index (κ1) is 21.4. The molecule has 0 radical (unpaired) electrons. The van der Waals surface area contributed by atoms with Gasteiger partial charge < -0.3 is 4.74 Å². The summed E-state index contributed by atoms with van der Waals surface area (Å²) in [6.07, 6.45) is 1.22. The maximum atomic E-state index is 13.9. The maximum Gasteiger partial charge on any atom is 0.409 e. The lowest BCUT2D eigenvalue weighted by Crippen LogP contribution is -2.43. The van der Waals surface area contributed by atoms with Gasteiger partial charge in [0.2, 0.25) is 5.91 Å². The average molecular weight is 408 g/mol. The van der Waals surface area contributed by atoms with Crippen LogP contribution in [0.2, 0.25) is 0 Å². The third-order valence-electron chi connectivity index (χ3n) is 5.17. The molecule has 0 saturated carbocycles. The standard InChI is InChI=1S/C22H27F3N2O2/c1-2-3-4-5-6-14-29-17-10-11-18-16(15-17)8-7-9-19(18)21(22(23,24)25)27-13-12-20(28)26-27/h7-11,15,21H,2-6,12-14H2,1H3,(H,26,28)/t21-/m0/s1. The number of halogens is 3. The van der Waals surface area contributed by atoms with Crippen LogP contribution in [0.5, 0.6) is 5.75 Å². The lowest BCUT2D eigenvalue weighted by atomic mass is 9.97. The van der Waals surface area contributed by atoms with E-state index in [4.69, 9.17) is 4.74 Å². The molecule has 1 saturated heterocycles. The number of nitrogens with one attached hydrogen (secondary N) is 1. The Labute approximate surface area is 169 Å². The highest BCUT2D eigenvalue weighted by Gasteiger charge is 2.47. The van der Waals surface area contributed by atoms with Crippen LogP contribution in [0.25, 0.3) is 10.8 Å². The number of benzene rings is 2. The molecule has 1 amide bonds. The molecule has 0 spiro atoms. The van der Waals surface area contributed by atoms with Crippen LogP contribution in [0, 0.1) is 0 Å². The molecule has 2 aromatic rings. The van der Waals surface area contributed by atoms with Crippen molar-refractivity contribution >= 4 is 16.7 Å². The number of carbonyl (C=O) groups is 1. The van der Waals surface area contributed by atoms with Crippen LogP contribution in [0.15, 0.2) is 36.4 Å². The molecule has 1 fully saturated rings. The SMILES string of the molecule is CCCCCCCOc1ccc2c([C@H](N3CCC(=O)N3)C(F)(F)F)cccc2c1. The van der Waals surface area contributed by atoms with Gasteiger partial charge in [-0.25, -0.2) is 5.01 Å². The molecular weight excluding hydrogens is 381 g/mol. The van der Waals surface area contributed by atoms with E-state index in [0.29, 0.717) is 23.1 Å². The summed E-state index contributed by atoms with van der Waals surface area (Å²) in [5.74, 6) is 0.261. The zero-order valence-electron chi connectivity index (χ0n) is 16.6. The van der Waals surface area contributed by atoms with Gasteiger partial charge in [-0.2, -0.15) is 13.2 Å². The Hall–Kier alpha value is -2.28. The predicted octanol–water partition coefficient (Wildman–Crippen LogP) is 5.53. The van der Waals surface area contributed by atoms with Crippen molar-refractivity contribution in [2.75, 3.05) is 13.2 Å². The number of rotatable bonds is 9. The van der Waals surface area contributed by atoms with Gasteiger partial charge in [0.05, 0.1) is 6.61 Å². The topological polar surface area (TPSA) is 41.6 Å². The summed E-state index contributed by atoms with van der Waals surface area (Å²) in [6.45, 7) is 2.79. The fraction of sp³-hybridized carbons (Fsp3) is 0.500. The number of alkyl halides is 3. The van der Waals surface area contributed by atoms with E-state index < -0.39 is 18.1 Å². The van der Waals surface area contributed by atoms with Crippen molar-refractivity contribution in [2.45, 2.75) is 57.7 Å². The van der Waals surface area contributed by atoms with Crippen molar-refractivity contribution in [1.82, 2.24) is 10.4 Å². The number of nitrogens with zero attached hydrogens (tertiary/aromatic N) is 1. The van der Waals surface area contributed by atoms with Crippen molar-refractivity contribution in [2.24, 2.45) is 0 Å². The van der Waals surface area contributed by atoms with Gasteiger partial charge in [0.25, 0.3) is 0 Å². The van der Waals surface area contributed by atoms with E-state index in [-0.39, 0.29) is 18.5 Å². The van der Waals surface area contributed by atoms with Crippen LogP contribution in [0.1, 0.15) is 57.1 Å². The number of hydrogen-bond donors (Lipinski definition) is 1. The summed E-state index contributed by atoms with van der Waals surface area (Å²) in [6, 6.07) is 8.15. The molecule has 1 aliphatic heterocycles. The number of hydrazine groups is 1. The van der Waals surface area contributed by atoms with Crippen LogP contribution >= 0.6 is 0 Å². The summed E-state index contributed by atoms with van der Waals surface area (Å²) in [4.78, 5) is 11.5. The van der Waals surface area contributed by atoms with Crippen LogP contribution in [-0.4, -0.2) is 30.2 Å². The zero-order valence-corrected chi connectivity index (χ0v) is 16.6. The van der Waals surface area contributed by atoms with Crippen molar-refractivity contribution < 1.29 is 22.7 Å². The molecule has 29 heavy (non-hydrogen) atoms. The van der Waals surface area contributed by atoms with Crippen LogP contribution in [0.3, 0.4) is 0 Å². The Morgan fingerprint density at radius 1 is 1.14 bits per heavy atom. The van der Waals surface area contributed by atoms with Gasteiger partial charge in [0.1, 0.15) is 5.75 Å². The summed E-state index contributed by atoms with van der Waals surface area (Å²) >= 11 is 0. The van der Waals surface area contributed by atoms with Crippen LogP contribution < -0.4 is 10.2 Å². The predicted molar refractivity (Wildman–Crippen MR) is 106 cm³/mol. The summed E-state index contributed by atoms with van der Waals surface area (Å²) in [5.41, 5.74) is 2.46. The van der Waals surface area contributed by atoms with E-state index in [0.717, 1.165) is 17.9 Å². The number of hydrogen-bond acceptors (Lipinski definition) is 3. The van der Waals surface area contributed by atoms with Gasteiger partial charge in [-0.3, -0.25) is 10.2 Å². The lowest BCUT2D eigenvalue weighted by Gasteiger charge is -2.30. The molecule has 7 heteroatoms. The van der Waals surface area contributed by atoms with Gasteiger partial charge in [-0.05, 0) is 34.9 Å². The summed E-state index contributed by atoms with van der Waals surface area (Å²) in [7, 11) is 0. The molecule has 3 rings (SSSR count). The largest absolute Gasteiger partial charge is 0.494 e. The molecule has 0 aromatic heterocycles. The van der Waals surface area contributed by atoms with E-state index >= 15 is 0 Å². The van der Waals surface area contributed by atoms with Gasteiger partial charge in [-0.1, -0.05) is 56.9 Å². The number of carbonyl (C=O) groups excluding carboxylic acids is 1. The molecule has 158 valence electrons. The number of fused-ring (bicyclic) bond motifs is 1. The van der Waals surface area contributed by atoms with Gasteiger partial charge in [-0.15, -0.1) is 0 Å². The molecule has 4 nitrogen and oxygen atoms in total. The first-order chi connectivity index (χ1) is 13.9. The summed E-state index contributed by atoms with van der Waals surface area (Å²) < 4.78 is 47.4. The molecule has 1 aliphatic rings. The second-order valence-electron chi connectivity index (χ2n) is 7.42. The highest BCUT2D eigenvalue weighted by atomic mass is 19.4. The quantitative estimate of drug-likeness (QED) is 0.555. The molecule has 0 bridgehead atoms. The Balaban J connectivity index is 1.79. The van der Waals surface area contributed by atoms with Crippen LogP contribution in [-0.2, 0) is 4.79 Å². The van der Waals surface area contributed by atoms with Crippen LogP contribution in [0.4, 0.5) is 13.2 Å². The summed E-state index contributed by atoms with van der Waals surface area (Å²) in [5, 5.41) is 2.18. The normalized spacial score (nSPS) is 16.2. The Kier molecular flexibility index (Phi) is 7.00. The lowest BCUT2D eigenvalue weighted by molar-refractivity contribution is -0.190. The number of unbranched alkanes of at least 4 members (excludes halogenated alkanes) is 4. The minimum Gasteiger partial charge on any atom is -0.494 e. The van der Waals surface area contributed by atoms with E-state index in [1.54, 1.807) is 30.3 Å². The molecule has 1 heterocycles.